The zero-order valence-electron chi connectivity index (χ0n) is 20.2. The molecule has 0 amide bonds. The maximum Gasteiger partial charge on any atom is 0.0908 e. The predicted octanol–water partition coefficient (Wildman–Crippen LogP) is 6.53. The minimum Gasteiger partial charge on any atom is -0.393 e. The molecular formula is C28H46O2. The van der Waals surface area contributed by atoms with E-state index >= 15 is 0 Å². The summed E-state index contributed by atoms with van der Waals surface area (Å²) in [7, 11) is 0. The van der Waals surface area contributed by atoms with E-state index in [1.165, 1.54) is 44.1 Å². The molecule has 3 saturated carbocycles. The molecule has 0 aliphatic heterocycles. The van der Waals surface area contributed by atoms with E-state index in [9.17, 15) is 10.2 Å². The summed E-state index contributed by atoms with van der Waals surface area (Å²) in [6, 6.07) is 0. The maximum atomic E-state index is 11.5. The Morgan fingerprint density at radius 1 is 1.07 bits per heavy atom. The average molecular weight is 415 g/mol. The summed E-state index contributed by atoms with van der Waals surface area (Å²) >= 11 is 0. The lowest BCUT2D eigenvalue weighted by atomic mass is 9.45. The van der Waals surface area contributed by atoms with Crippen molar-refractivity contribution in [3.05, 3.63) is 24.3 Å². The molecule has 2 heteroatoms. The van der Waals surface area contributed by atoms with Crippen molar-refractivity contribution in [2.45, 2.75) is 104 Å². The molecule has 0 spiro atoms. The van der Waals surface area contributed by atoms with E-state index in [1.54, 1.807) is 0 Å². The van der Waals surface area contributed by atoms with Gasteiger partial charge in [-0.05, 0) is 92.3 Å². The second-order valence-corrected chi connectivity index (χ2v) is 12.4. The van der Waals surface area contributed by atoms with Gasteiger partial charge in [-0.2, -0.15) is 0 Å². The van der Waals surface area contributed by atoms with Crippen LogP contribution in [0, 0.1) is 46.3 Å². The highest BCUT2D eigenvalue weighted by molar-refractivity contribution is 5.24. The third-order valence-corrected chi connectivity index (χ3v) is 10.8. The first-order valence-corrected chi connectivity index (χ1v) is 12.8. The van der Waals surface area contributed by atoms with Crippen LogP contribution in [0.25, 0.3) is 0 Å². The summed E-state index contributed by atoms with van der Waals surface area (Å²) in [5.41, 5.74) is 0.949. The SMILES string of the molecule is C=C(CCC(C)C1CCC2C3C=CC4(O)CC(O)CCC4(C)C3CCC12C)C(C)C. The lowest BCUT2D eigenvalue weighted by Gasteiger charge is -2.61. The van der Waals surface area contributed by atoms with Gasteiger partial charge in [-0.1, -0.05) is 58.9 Å². The molecule has 4 aliphatic carbocycles. The highest BCUT2D eigenvalue weighted by Crippen LogP contribution is 2.67. The van der Waals surface area contributed by atoms with E-state index in [0.717, 1.165) is 30.6 Å². The monoisotopic (exact) mass is 414 g/mol. The number of hydrogen-bond acceptors (Lipinski definition) is 2. The summed E-state index contributed by atoms with van der Waals surface area (Å²) < 4.78 is 0. The predicted molar refractivity (Wildman–Crippen MR) is 125 cm³/mol. The van der Waals surface area contributed by atoms with E-state index < -0.39 is 5.60 Å². The van der Waals surface area contributed by atoms with Crippen LogP contribution in [0.5, 0.6) is 0 Å². The lowest BCUT2D eigenvalue weighted by molar-refractivity contribution is -0.167. The molecule has 4 rings (SSSR count). The molecular weight excluding hydrogens is 368 g/mol. The minimum atomic E-state index is -0.817. The van der Waals surface area contributed by atoms with Gasteiger partial charge in [-0.25, -0.2) is 0 Å². The Hall–Kier alpha value is -0.600. The number of hydrogen-bond donors (Lipinski definition) is 2. The third-order valence-electron chi connectivity index (χ3n) is 10.8. The Labute approximate surface area is 185 Å². The molecule has 0 heterocycles. The van der Waals surface area contributed by atoms with Gasteiger partial charge < -0.3 is 10.2 Å². The second kappa shape index (κ2) is 7.77. The smallest absolute Gasteiger partial charge is 0.0908 e. The van der Waals surface area contributed by atoms with Gasteiger partial charge in [0.05, 0.1) is 11.7 Å². The molecule has 170 valence electrons. The molecule has 0 bridgehead atoms. The van der Waals surface area contributed by atoms with Crippen LogP contribution < -0.4 is 0 Å². The van der Waals surface area contributed by atoms with Crippen molar-refractivity contribution in [3.63, 3.8) is 0 Å². The number of aliphatic hydroxyl groups is 2. The minimum absolute atomic E-state index is 0.0777. The molecule has 0 radical (unpaired) electrons. The van der Waals surface area contributed by atoms with Crippen LogP contribution in [0.15, 0.2) is 24.3 Å². The fourth-order valence-corrected chi connectivity index (χ4v) is 8.50. The van der Waals surface area contributed by atoms with Gasteiger partial charge in [0.15, 0.2) is 0 Å². The molecule has 9 unspecified atom stereocenters. The largest absolute Gasteiger partial charge is 0.393 e. The van der Waals surface area contributed by atoms with Gasteiger partial charge in [0, 0.05) is 11.8 Å². The summed E-state index contributed by atoms with van der Waals surface area (Å²) in [6.45, 7) is 16.3. The normalized spacial score (nSPS) is 48.7. The highest BCUT2D eigenvalue weighted by atomic mass is 16.3. The number of fused-ring (bicyclic) bond motifs is 5. The standard InChI is InChI=1S/C28H46O2/c1-18(2)19(3)7-8-20(4)23-9-10-24-22-12-16-28(30)17-21(29)11-15-27(28,6)25(22)13-14-26(23,24)5/h12,16,18,20-25,29-30H,3,7-11,13-15,17H2,1-2,4-6H3. The maximum absolute atomic E-state index is 11.5. The first kappa shape index (κ1) is 22.6. The fraction of sp³-hybridized carbons (Fsp3) is 0.857. The van der Waals surface area contributed by atoms with Crippen molar-refractivity contribution < 1.29 is 10.2 Å². The van der Waals surface area contributed by atoms with Crippen LogP contribution in [0.4, 0.5) is 0 Å². The molecule has 0 aromatic carbocycles. The molecule has 9 atom stereocenters. The van der Waals surface area contributed by atoms with Crippen LogP contribution in [0.3, 0.4) is 0 Å². The van der Waals surface area contributed by atoms with E-state index in [1.807, 2.05) is 0 Å². The Kier molecular flexibility index (Phi) is 5.85. The molecule has 2 N–H and O–H groups in total. The van der Waals surface area contributed by atoms with Gasteiger partial charge in [0.2, 0.25) is 0 Å². The summed E-state index contributed by atoms with van der Waals surface area (Å²) in [6.07, 6.45) is 14.2. The van der Waals surface area contributed by atoms with Gasteiger partial charge >= 0.3 is 0 Å². The molecule has 30 heavy (non-hydrogen) atoms. The van der Waals surface area contributed by atoms with Crippen molar-refractivity contribution in [3.8, 4) is 0 Å². The Morgan fingerprint density at radius 3 is 2.50 bits per heavy atom. The van der Waals surface area contributed by atoms with Crippen LogP contribution in [-0.2, 0) is 0 Å². The first-order valence-electron chi connectivity index (χ1n) is 12.8. The quantitative estimate of drug-likeness (QED) is 0.502. The van der Waals surface area contributed by atoms with Crippen molar-refractivity contribution in [2.75, 3.05) is 0 Å². The summed E-state index contributed by atoms with van der Waals surface area (Å²) in [5, 5.41) is 21.8. The lowest BCUT2D eigenvalue weighted by Crippen LogP contribution is -2.60. The van der Waals surface area contributed by atoms with Crippen molar-refractivity contribution >= 4 is 0 Å². The van der Waals surface area contributed by atoms with Crippen molar-refractivity contribution in [1.82, 2.24) is 0 Å². The molecule has 2 nitrogen and oxygen atoms in total. The van der Waals surface area contributed by atoms with Crippen LogP contribution >= 0.6 is 0 Å². The van der Waals surface area contributed by atoms with Gasteiger partial charge in [-0.3, -0.25) is 0 Å². The zero-order chi connectivity index (χ0) is 21.9. The molecule has 0 saturated heterocycles. The number of rotatable bonds is 5. The Morgan fingerprint density at radius 2 is 1.80 bits per heavy atom. The van der Waals surface area contributed by atoms with Crippen LogP contribution in [0.1, 0.15) is 92.4 Å². The molecule has 0 aromatic rings. The fourth-order valence-electron chi connectivity index (χ4n) is 8.50. The van der Waals surface area contributed by atoms with E-state index in [0.29, 0.717) is 29.6 Å². The van der Waals surface area contributed by atoms with E-state index in [-0.39, 0.29) is 11.5 Å². The topological polar surface area (TPSA) is 40.5 Å². The molecule has 0 aromatic heterocycles. The van der Waals surface area contributed by atoms with E-state index in [2.05, 4.69) is 53.3 Å². The number of allylic oxidation sites excluding steroid dienone is 2. The van der Waals surface area contributed by atoms with Crippen molar-refractivity contribution in [1.29, 1.82) is 0 Å². The van der Waals surface area contributed by atoms with Crippen molar-refractivity contribution in [2.24, 2.45) is 46.3 Å². The van der Waals surface area contributed by atoms with Crippen LogP contribution in [0.2, 0.25) is 0 Å². The van der Waals surface area contributed by atoms with Gasteiger partial charge in [-0.15, -0.1) is 0 Å². The zero-order valence-corrected chi connectivity index (χ0v) is 20.2. The van der Waals surface area contributed by atoms with E-state index in [4.69, 9.17) is 0 Å². The summed E-state index contributed by atoms with van der Waals surface area (Å²) in [4.78, 5) is 0. The first-order chi connectivity index (χ1) is 14.0. The summed E-state index contributed by atoms with van der Waals surface area (Å²) in [5.74, 6) is 4.09. The van der Waals surface area contributed by atoms with Gasteiger partial charge in [0.1, 0.15) is 0 Å². The molecule has 3 fully saturated rings. The average Bonchev–Trinajstić information content (AvgIpc) is 3.04. The Bertz CT molecular complexity index is 695. The van der Waals surface area contributed by atoms with Crippen LogP contribution in [-0.4, -0.2) is 21.9 Å². The second-order valence-electron chi connectivity index (χ2n) is 12.4. The third kappa shape index (κ3) is 3.36. The Balaban J connectivity index is 1.53. The van der Waals surface area contributed by atoms with Gasteiger partial charge in [0.25, 0.3) is 0 Å². The highest BCUT2D eigenvalue weighted by Gasteiger charge is 2.63. The molecule has 4 aliphatic rings. The number of aliphatic hydroxyl groups excluding tert-OH is 1.